The van der Waals surface area contributed by atoms with Crippen LogP contribution in [0.15, 0.2) is 36.5 Å². The number of pyridine rings is 1. The average molecular weight is 325 g/mol. The molecule has 1 N–H and O–H groups in total. The molecule has 112 valence electrons. The average Bonchev–Trinajstić information content (AvgIpc) is 2.49. The second kappa shape index (κ2) is 7.64. The molecule has 0 aliphatic rings. The molecule has 0 bridgehead atoms. The van der Waals surface area contributed by atoms with Crippen molar-refractivity contribution in [3.05, 3.63) is 57.8 Å². The lowest BCUT2D eigenvalue weighted by Gasteiger charge is -2.18. The molecule has 0 spiro atoms. The Kier molecular flexibility index (Phi) is 5.85. The fraction of sp³-hybridized carbons (Fsp3) is 0.312. The first-order valence-corrected chi connectivity index (χ1v) is 7.62. The van der Waals surface area contributed by atoms with E-state index in [4.69, 9.17) is 27.9 Å². The summed E-state index contributed by atoms with van der Waals surface area (Å²) >= 11 is 12.1. The van der Waals surface area contributed by atoms with E-state index in [1.165, 1.54) is 0 Å². The number of aromatic nitrogens is 1. The van der Waals surface area contributed by atoms with Gasteiger partial charge >= 0.3 is 0 Å². The summed E-state index contributed by atoms with van der Waals surface area (Å²) in [5, 5.41) is 4.31. The first-order valence-electron chi connectivity index (χ1n) is 6.86. The topological polar surface area (TPSA) is 34.1 Å². The molecule has 0 aliphatic heterocycles. The van der Waals surface area contributed by atoms with Crippen molar-refractivity contribution in [3.8, 4) is 5.75 Å². The molecular weight excluding hydrogens is 307 g/mol. The molecule has 2 rings (SSSR count). The molecule has 1 heterocycles. The zero-order valence-electron chi connectivity index (χ0n) is 12.1. The minimum atomic E-state index is -0.0880. The van der Waals surface area contributed by atoms with Crippen molar-refractivity contribution in [2.24, 2.45) is 0 Å². The largest absolute Gasteiger partial charge is 0.494 e. The van der Waals surface area contributed by atoms with E-state index < -0.39 is 0 Å². The van der Waals surface area contributed by atoms with E-state index in [1.54, 1.807) is 12.3 Å². The van der Waals surface area contributed by atoms with Gasteiger partial charge in [-0.3, -0.25) is 4.98 Å². The highest BCUT2D eigenvalue weighted by Gasteiger charge is 2.17. The molecule has 3 nitrogen and oxygen atoms in total. The summed E-state index contributed by atoms with van der Waals surface area (Å²) in [6, 6.07) is 9.56. The predicted molar refractivity (Wildman–Crippen MR) is 87.4 cm³/mol. The maximum absolute atomic E-state index is 6.24. The number of nitrogens with one attached hydrogen (secondary N) is 1. The Morgan fingerprint density at radius 2 is 1.95 bits per heavy atom. The number of halogens is 2. The Labute approximate surface area is 135 Å². The summed E-state index contributed by atoms with van der Waals surface area (Å²) in [5.74, 6) is 0.866. The van der Waals surface area contributed by atoms with Crippen LogP contribution in [0.5, 0.6) is 5.75 Å². The zero-order chi connectivity index (χ0) is 15.2. The van der Waals surface area contributed by atoms with E-state index in [-0.39, 0.29) is 6.04 Å². The van der Waals surface area contributed by atoms with Gasteiger partial charge in [-0.2, -0.15) is 0 Å². The quantitative estimate of drug-likeness (QED) is 0.850. The Morgan fingerprint density at radius 1 is 1.24 bits per heavy atom. The molecule has 0 amide bonds. The second-order valence-corrected chi connectivity index (χ2v) is 5.50. The van der Waals surface area contributed by atoms with Gasteiger partial charge in [0.05, 0.1) is 28.4 Å². The lowest BCUT2D eigenvalue weighted by atomic mass is 10.0. The van der Waals surface area contributed by atoms with E-state index in [0.29, 0.717) is 10.0 Å². The Morgan fingerprint density at radius 3 is 2.52 bits per heavy atom. The lowest BCUT2D eigenvalue weighted by Crippen LogP contribution is -2.19. The zero-order valence-corrected chi connectivity index (χ0v) is 13.6. The van der Waals surface area contributed by atoms with Crippen LogP contribution >= 0.6 is 23.2 Å². The molecular formula is C16H18Cl2N2O. The molecule has 21 heavy (non-hydrogen) atoms. The Hall–Kier alpha value is -1.29. The van der Waals surface area contributed by atoms with Crippen LogP contribution in [0, 0.1) is 0 Å². The summed E-state index contributed by atoms with van der Waals surface area (Å²) in [7, 11) is 1.87. The van der Waals surface area contributed by atoms with Crippen molar-refractivity contribution in [3.63, 3.8) is 0 Å². The smallest absolute Gasteiger partial charge is 0.119 e. The van der Waals surface area contributed by atoms with Gasteiger partial charge in [-0.25, -0.2) is 0 Å². The van der Waals surface area contributed by atoms with Crippen LogP contribution in [0.4, 0.5) is 0 Å². The molecule has 1 atom stereocenters. The number of hydrogen-bond donors (Lipinski definition) is 1. The molecule has 0 fully saturated rings. The fourth-order valence-electron chi connectivity index (χ4n) is 2.08. The summed E-state index contributed by atoms with van der Waals surface area (Å²) in [6.45, 7) is 2.80. The lowest BCUT2D eigenvalue weighted by molar-refractivity contribution is 0.317. The first kappa shape index (κ1) is 16.1. The molecule has 1 aromatic heterocycles. The van der Waals surface area contributed by atoms with Gasteiger partial charge in [0.15, 0.2) is 0 Å². The molecule has 0 saturated heterocycles. The fourth-order valence-corrected chi connectivity index (χ4v) is 2.56. The predicted octanol–water partition coefficient (Wildman–Crippen LogP) is 4.49. The van der Waals surface area contributed by atoms with Crippen molar-refractivity contribution in [1.29, 1.82) is 0 Å². The van der Waals surface area contributed by atoms with Crippen LogP contribution in [-0.2, 0) is 0 Å². The number of nitrogens with zero attached hydrogens (tertiary/aromatic N) is 1. The van der Waals surface area contributed by atoms with Crippen molar-refractivity contribution >= 4 is 23.2 Å². The molecule has 1 aromatic carbocycles. The van der Waals surface area contributed by atoms with E-state index in [0.717, 1.165) is 30.0 Å². The molecule has 5 heteroatoms. The maximum Gasteiger partial charge on any atom is 0.119 e. The van der Waals surface area contributed by atoms with Crippen LogP contribution < -0.4 is 10.1 Å². The van der Waals surface area contributed by atoms with Crippen LogP contribution in [0.3, 0.4) is 0 Å². The van der Waals surface area contributed by atoms with Gasteiger partial charge in [-0.1, -0.05) is 42.3 Å². The van der Waals surface area contributed by atoms with E-state index in [2.05, 4.69) is 17.2 Å². The van der Waals surface area contributed by atoms with Gasteiger partial charge in [0.2, 0.25) is 0 Å². The van der Waals surface area contributed by atoms with Crippen molar-refractivity contribution in [2.75, 3.05) is 13.7 Å². The summed E-state index contributed by atoms with van der Waals surface area (Å²) in [5.41, 5.74) is 1.82. The van der Waals surface area contributed by atoms with Crippen LogP contribution in [0.2, 0.25) is 10.0 Å². The van der Waals surface area contributed by atoms with Gasteiger partial charge in [0.1, 0.15) is 5.75 Å². The number of rotatable bonds is 6. The van der Waals surface area contributed by atoms with Crippen molar-refractivity contribution < 1.29 is 4.74 Å². The standard InChI is InChI=1S/C16H18Cl2N2O/c1-3-8-21-13-6-4-11(5-7-13)15(19-2)16-14(18)9-12(17)10-20-16/h4-7,9-10,15,19H,3,8H2,1-2H3. The molecule has 1 unspecified atom stereocenters. The summed E-state index contributed by atoms with van der Waals surface area (Å²) in [6.07, 6.45) is 2.59. The molecule has 0 saturated carbocycles. The van der Waals surface area contributed by atoms with Crippen molar-refractivity contribution in [2.45, 2.75) is 19.4 Å². The third-order valence-corrected chi connectivity index (χ3v) is 3.59. The van der Waals surface area contributed by atoms with E-state index in [9.17, 15) is 0 Å². The highest BCUT2D eigenvalue weighted by molar-refractivity contribution is 6.34. The SMILES string of the molecule is CCCOc1ccc(C(NC)c2ncc(Cl)cc2Cl)cc1. The van der Waals surface area contributed by atoms with Crippen molar-refractivity contribution in [1.82, 2.24) is 10.3 Å². The van der Waals surface area contributed by atoms with E-state index in [1.807, 2.05) is 31.3 Å². The molecule has 0 radical (unpaired) electrons. The monoisotopic (exact) mass is 324 g/mol. The Balaban J connectivity index is 2.24. The van der Waals surface area contributed by atoms with Crippen LogP contribution in [-0.4, -0.2) is 18.6 Å². The highest BCUT2D eigenvalue weighted by Crippen LogP contribution is 2.29. The number of hydrogen-bond acceptors (Lipinski definition) is 3. The summed E-state index contributed by atoms with van der Waals surface area (Å²) < 4.78 is 5.59. The normalized spacial score (nSPS) is 12.2. The molecule has 0 aliphatic carbocycles. The first-order chi connectivity index (χ1) is 10.2. The number of benzene rings is 1. The Bertz CT molecular complexity index is 587. The minimum absolute atomic E-state index is 0.0880. The number of ether oxygens (including phenoxy) is 1. The highest BCUT2D eigenvalue weighted by atomic mass is 35.5. The van der Waals surface area contributed by atoms with Gasteiger partial charge in [0, 0.05) is 6.20 Å². The van der Waals surface area contributed by atoms with Crippen LogP contribution in [0.1, 0.15) is 30.6 Å². The third-order valence-electron chi connectivity index (χ3n) is 3.08. The van der Waals surface area contributed by atoms with Gasteiger partial charge < -0.3 is 10.1 Å². The molecule has 2 aromatic rings. The van der Waals surface area contributed by atoms with Crippen LogP contribution in [0.25, 0.3) is 0 Å². The summed E-state index contributed by atoms with van der Waals surface area (Å²) in [4.78, 5) is 4.34. The second-order valence-electron chi connectivity index (χ2n) is 4.66. The van der Waals surface area contributed by atoms with Gasteiger partial charge in [-0.15, -0.1) is 0 Å². The third kappa shape index (κ3) is 4.10. The van der Waals surface area contributed by atoms with Gasteiger partial charge in [0.25, 0.3) is 0 Å². The van der Waals surface area contributed by atoms with E-state index >= 15 is 0 Å². The maximum atomic E-state index is 6.24. The minimum Gasteiger partial charge on any atom is -0.494 e. The van der Waals surface area contributed by atoms with Gasteiger partial charge in [-0.05, 0) is 37.2 Å².